The van der Waals surface area contributed by atoms with Gasteiger partial charge in [-0.15, -0.1) is 21.5 Å². The number of nitrogens with one attached hydrogen (secondary N) is 1. The standard InChI is InChI=1S/C14H19N3O3S2/c1-10-15-16-14(20-10)12-8-9-13(21-12)22(18,19)17-11-6-4-2-3-5-7-11/h8-9,11,17H,2-7H2,1H3. The Morgan fingerprint density at radius 1 is 1.18 bits per heavy atom. The van der Waals surface area contributed by atoms with Crippen LogP contribution >= 0.6 is 11.3 Å². The Bertz CT molecular complexity index is 728. The van der Waals surface area contributed by atoms with Crippen LogP contribution in [0.3, 0.4) is 0 Å². The highest BCUT2D eigenvalue weighted by atomic mass is 32.2. The third-order valence-electron chi connectivity index (χ3n) is 3.76. The maximum atomic E-state index is 12.5. The van der Waals surface area contributed by atoms with Gasteiger partial charge in [0.1, 0.15) is 4.21 Å². The van der Waals surface area contributed by atoms with E-state index in [1.807, 2.05) is 0 Å². The van der Waals surface area contributed by atoms with Crippen molar-refractivity contribution in [1.82, 2.24) is 14.9 Å². The molecular formula is C14H19N3O3S2. The van der Waals surface area contributed by atoms with Gasteiger partial charge in [-0.3, -0.25) is 0 Å². The first-order valence-corrected chi connectivity index (χ1v) is 9.77. The van der Waals surface area contributed by atoms with Crippen molar-refractivity contribution in [2.24, 2.45) is 0 Å². The van der Waals surface area contributed by atoms with Gasteiger partial charge in [-0.1, -0.05) is 25.7 Å². The van der Waals surface area contributed by atoms with Crippen LogP contribution in [-0.4, -0.2) is 24.7 Å². The van der Waals surface area contributed by atoms with Gasteiger partial charge in [-0.05, 0) is 25.0 Å². The summed E-state index contributed by atoms with van der Waals surface area (Å²) in [6, 6.07) is 3.35. The van der Waals surface area contributed by atoms with Crippen LogP contribution in [0.15, 0.2) is 20.8 Å². The minimum absolute atomic E-state index is 0.0451. The second kappa shape index (κ2) is 6.47. The quantitative estimate of drug-likeness (QED) is 0.864. The van der Waals surface area contributed by atoms with E-state index >= 15 is 0 Å². The largest absolute Gasteiger partial charge is 0.420 e. The van der Waals surface area contributed by atoms with Gasteiger partial charge in [-0.25, -0.2) is 13.1 Å². The van der Waals surface area contributed by atoms with E-state index < -0.39 is 10.0 Å². The normalized spacial score (nSPS) is 17.5. The Morgan fingerprint density at radius 2 is 1.91 bits per heavy atom. The van der Waals surface area contributed by atoms with E-state index in [4.69, 9.17) is 4.42 Å². The van der Waals surface area contributed by atoms with Crippen molar-refractivity contribution >= 4 is 21.4 Å². The zero-order valence-electron chi connectivity index (χ0n) is 12.4. The lowest BCUT2D eigenvalue weighted by atomic mass is 10.1. The third-order valence-corrected chi connectivity index (χ3v) is 6.85. The highest BCUT2D eigenvalue weighted by Gasteiger charge is 2.23. The highest BCUT2D eigenvalue weighted by Crippen LogP contribution is 2.30. The Balaban J connectivity index is 1.76. The molecule has 1 fully saturated rings. The minimum Gasteiger partial charge on any atom is -0.420 e. The van der Waals surface area contributed by atoms with E-state index in [0.29, 0.717) is 20.9 Å². The van der Waals surface area contributed by atoms with Gasteiger partial charge in [0.15, 0.2) is 0 Å². The minimum atomic E-state index is -3.48. The van der Waals surface area contributed by atoms with Crippen LogP contribution in [0.5, 0.6) is 0 Å². The van der Waals surface area contributed by atoms with Gasteiger partial charge < -0.3 is 4.42 Å². The van der Waals surface area contributed by atoms with Crippen molar-refractivity contribution in [2.75, 3.05) is 0 Å². The summed E-state index contributed by atoms with van der Waals surface area (Å²) < 4.78 is 33.5. The molecule has 0 aromatic carbocycles. The molecule has 8 heteroatoms. The van der Waals surface area contributed by atoms with Gasteiger partial charge >= 0.3 is 0 Å². The van der Waals surface area contributed by atoms with Crippen LogP contribution in [0.4, 0.5) is 0 Å². The number of nitrogens with zero attached hydrogens (tertiary/aromatic N) is 2. The van der Waals surface area contributed by atoms with Gasteiger partial charge in [0.05, 0.1) is 4.88 Å². The van der Waals surface area contributed by atoms with Crippen LogP contribution in [0.25, 0.3) is 10.8 Å². The number of aromatic nitrogens is 2. The molecule has 1 saturated carbocycles. The van der Waals surface area contributed by atoms with E-state index in [0.717, 1.165) is 37.0 Å². The molecule has 2 aromatic rings. The molecule has 22 heavy (non-hydrogen) atoms. The maximum Gasteiger partial charge on any atom is 0.257 e. The average Bonchev–Trinajstić information content (AvgIpc) is 3.04. The summed E-state index contributed by atoms with van der Waals surface area (Å²) in [7, 11) is -3.48. The van der Waals surface area contributed by atoms with E-state index in [1.165, 1.54) is 12.8 Å². The van der Waals surface area contributed by atoms with Crippen molar-refractivity contribution < 1.29 is 12.8 Å². The first kappa shape index (κ1) is 15.6. The molecule has 0 spiro atoms. The molecule has 0 amide bonds. The predicted octanol–water partition coefficient (Wildman–Crippen LogP) is 3.11. The van der Waals surface area contributed by atoms with Gasteiger partial charge in [-0.2, -0.15) is 0 Å². The zero-order valence-corrected chi connectivity index (χ0v) is 14.0. The van der Waals surface area contributed by atoms with Crippen molar-refractivity contribution in [1.29, 1.82) is 0 Å². The van der Waals surface area contributed by atoms with Gasteiger partial charge in [0.25, 0.3) is 5.89 Å². The van der Waals surface area contributed by atoms with E-state index in [-0.39, 0.29) is 6.04 Å². The summed E-state index contributed by atoms with van der Waals surface area (Å²) in [5.74, 6) is 0.822. The second-order valence-corrected chi connectivity index (χ2v) is 8.58. The fourth-order valence-corrected chi connectivity index (χ4v) is 5.20. The van der Waals surface area contributed by atoms with E-state index in [9.17, 15) is 8.42 Å². The molecule has 2 aromatic heterocycles. The summed E-state index contributed by atoms with van der Waals surface area (Å²) in [6.45, 7) is 1.70. The van der Waals surface area contributed by atoms with Crippen LogP contribution in [0.2, 0.25) is 0 Å². The molecule has 6 nitrogen and oxygen atoms in total. The summed E-state index contributed by atoms with van der Waals surface area (Å²) in [5.41, 5.74) is 0. The average molecular weight is 341 g/mol. The lowest BCUT2D eigenvalue weighted by Gasteiger charge is -2.15. The predicted molar refractivity (Wildman–Crippen MR) is 84.2 cm³/mol. The SMILES string of the molecule is Cc1nnc(-c2ccc(S(=O)(=O)NC3CCCCCC3)s2)o1. The lowest BCUT2D eigenvalue weighted by molar-refractivity contribution is 0.511. The zero-order chi connectivity index (χ0) is 15.6. The van der Waals surface area contributed by atoms with Crippen molar-refractivity contribution in [3.63, 3.8) is 0 Å². The Morgan fingerprint density at radius 3 is 2.55 bits per heavy atom. The number of hydrogen-bond acceptors (Lipinski definition) is 6. The lowest BCUT2D eigenvalue weighted by Crippen LogP contribution is -2.33. The molecular weight excluding hydrogens is 322 g/mol. The molecule has 0 saturated heterocycles. The summed E-state index contributed by atoms with van der Waals surface area (Å²) in [5, 5.41) is 7.68. The molecule has 120 valence electrons. The number of aryl methyl sites for hydroxylation is 1. The molecule has 0 unspecified atom stereocenters. The molecule has 0 atom stereocenters. The van der Waals surface area contributed by atoms with Crippen molar-refractivity contribution in [2.45, 2.75) is 55.7 Å². The topological polar surface area (TPSA) is 85.1 Å². The van der Waals surface area contributed by atoms with Crippen molar-refractivity contribution in [3.8, 4) is 10.8 Å². The first-order chi connectivity index (χ1) is 10.5. The highest BCUT2D eigenvalue weighted by molar-refractivity contribution is 7.91. The molecule has 1 aliphatic rings. The number of sulfonamides is 1. The fraction of sp³-hybridized carbons (Fsp3) is 0.571. The van der Waals surface area contributed by atoms with Crippen LogP contribution in [0, 0.1) is 6.92 Å². The maximum absolute atomic E-state index is 12.5. The molecule has 3 rings (SSSR count). The number of hydrogen-bond donors (Lipinski definition) is 1. The summed E-state index contributed by atoms with van der Waals surface area (Å²) >= 11 is 1.15. The Labute approximate surface area is 134 Å². The number of rotatable bonds is 4. The summed E-state index contributed by atoms with van der Waals surface area (Å²) in [4.78, 5) is 0.668. The Kier molecular flexibility index (Phi) is 4.60. The van der Waals surface area contributed by atoms with Gasteiger partial charge in [0.2, 0.25) is 15.9 Å². The molecule has 2 heterocycles. The summed E-state index contributed by atoms with van der Waals surface area (Å²) in [6.07, 6.45) is 6.39. The van der Waals surface area contributed by atoms with E-state index in [2.05, 4.69) is 14.9 Å². The third kappa shape index (κ3) is 3.56. The van der Waals surface area contributed by atoms with Crippen LogP contribution in [0.1, 0.15) is 44.4 Å². The van der Waals surface area contributed by atoms with Crippen LogP contribution < -0.4 is 4.72 Å². The Hall–Kier alpha value is -1.25. The molecule has 0 bridgehead atoms. The second-order valence-electron chi connectivity index (χ2n) is 5.55. The molecule has 1 aliphatic carbocycles. The van der Waals surface area contributed by atoms with Crippen LogP contribution in [-0.2, 0) is 10.0 Å². The van der Waals surface area contributed by atoms with Crippen molar-refractivity contribution in [3.05, 3.63) is 18.0 Å². The first-order valence-electron chi connectivity index (χ1n) is 7.47. The monoisotopic (exact) mass is 341 g/mol. The van der Waals surface area contributed by atoms with Gasteiger partial charge in [0, 0.05) is 13.0 Å². The number of thiophene rings is 1. The van der Waals surface area contributed by atoms with E-state index in [1.54, 1.807) is 19.1 Å². The fourth-order valence-electron chi connectivity index (χ4n) is 2.65. The molecule has 0 radical (unpaired) electrons. The smallest absolute Gasteiger partial charge is 0.257 e. The molecule has 0 aliphatic heterocycles. The molecule has 1 N–H and O–H groups in total.